The monoisotopic (exact) mass is 289 g/mol. The first kappa shape index (κ1) is 14.2. The Morgan fingerprint density at radius 2 is 2.14 bits per heavy atom. The third-order valence-corrected chi connectivity index (χ3v) is 4.64. The van der Waals surface area contributed by atoms with Gasteiger partial charge in [0.25, 0.3) is 0 Å². The third-order valence-electron chi connectivity index (χ3n) is 4.64. The molecule has 1 unspecified atom stereocenters. The Hall–Kier alpha value is -1.75. The quantitative estimate of drug-likeness (QED) is 0.664. The molecule has 5 heteroatoms. The number of methoxy groups -OCH3 is 1. The molecule has 2 aliphatic rings. The van der Waals surface area contributed by atoms with Crippen molar-refractivity contribution < 1.29 is 9.53 Å². The number of nitrogen functional groups attached to an aromatic ring is 1. The normalized spacial score (nSPS) is 22.7. The molecule has 0 aliphatic carbocycles. The minimum atomic E-state index is -0.370. The van der Waals surface area contributed by atoms with E-state index in [0.29, 0.717) is 17.3 Å². The van der Waals surface area contributed by atoms with Gasteiger partial charge in [-0.15, -0.1) is 0 Å². The Kier molecular flexibility index (Phi) is 4.01. The highest BCUT2D eigenvalue weighted by atomic mass is 16.5. The fraction of sp³-hybridized carbons (Fsp3) is 0.562. The van der Waals surface area contributed by atoms with Crippen molar-refractivity contribution in [3.63, 3.8) is 0 Å². The van der Waals surface area contributed by atoms with Gasteiger partial charge in [-0.05, 0) is 37.6 Å². The first-order valence-corrected chi connectivity index (χ1v) is 7.66. The second-order valence-corrected chi connectivity index (χ2v) is 5.89. The number of fused-ring (bicyclic) bond motifs is 1. The molecule has 0 saturated carbocycles. The fourth-order valence-corrected chi connectivity index (χ4v) is 3.42. The van der Waals surface area contributed by atoms with Crippen molar-refractivity contribution in [3.05, 3.63) is 23.8 Å². The summed E-state index contributed by atoms with van der Waals surface area (Å²) in [5, 5.41) is 0. The van der Waals surface area contributed by atoms with Crippen LogP contribution < -0.4 is 10.6 Å². The molecule has 0 radical (unpaired) electrons. The lowest BCUT2D eigenvalue weighted by Crippen LogP contribution is -2.54. The summed E-state index contributed by atoms with van der Waals surface area (Å²) in [6, 6.07) is 6.31. The standard InChI is InChI=1S/C16H23N3O2/c1-21-16(20)14-10-12(5-6-15(14)17)19-9-8-18-7-3-2-4-13(18)11-19/h5-6,10,13H,2-4,7-9,11,17H2,1H3. The van der Waals surface area contributed by atoms with Crippen molar-refractivity contribution >= 4 is 17.3 Å². The summed E-state index contributed by atoms with van der Waals surface area (Å²) in [6.45, 7) is 4.36. The van der Waals surface area contributed by atoms with Crippen LogP contribution in [0.1, 0.15) is 29.6 Å². The van der Waals surface area contributed by atoms with Crippen molar-refractivity contribution in [1.82, 2.24) is 4.90 Å². The number of rotatable bonds is 2. The number of carbonyl (C=O) groups is 1. The van der Waals surface area contributed by atoms with Crippen LogP contribution in [-0.2, 0) is 4.74 Å². The van der Waals surface area contributed by atoms with Gasteiger partial charge in [0.05, 0.1) is 12.7 Å². The summed E-state index contributed by atoms with van der Waals surface area (Å²) < 4.78 is 4.80. The maximum atomic E-state index is 11.8. The largest absolute Gasteiger partial charge is 0.465 e. The molecule has 3 rings (SSSR count). The number of ether oxygens (including phenoxy) is 1. The average molecular weight is 289 g/mol. The van der Waals surface area contributed by atoms with Crippen molar-refractivity contribution in [2.75, 3.05) is 43.9 Å². The van der Waals surface area contributed by atoms with Crippen molar-refractivity contribution in [3.8, 4) is 0 Å². The van der Waals surface area contributed by atoms with E-state index in [1.807, 2.05) is 12.1 Å². The maximum absolute atomic E-state index is 11.8. The van der Waals surface area contributed by atoms with Crippen LogP contribution in [0.4, 0.5) is 11.4 Å². The van der Waals surface area contributed by atoms with Crippen LogP contribution in [0.2, 0.25) is 0 Å². The number of piperazine rings is 1. The number of hydrogen-bond acceptors (Lipinski definition) is 5. The number of anilines is 2. The van der Waals surface area contributed by atoms with Crippen LogP contribution in [-0.4, -0.2) is 50.2 Å². The van der Waals surface area contributed by atoms with Gasteiger partial charge in [-0.25, -0.2) is 4.79 Å². The molecule has 21 heavy (non-hydrogen) atoms. The molecule has 1 atom stereocenters. The van der Waals surface area contributed by atoms with Crippen LogP contribution in [0.15, 0.2) is 18.2 Å². The molecule has 5 nitrogen and oxygen atoms in total. The first-order valence-electron chi connectivity index (χ1n) is 7.66. The van der Waals surface area contributed by atoms with E-state index in [2.05, 4.69) is 9.80 Å². The number of piperidine rings is 1. The van der Waals surface area contributed by atoms with Gasteiger partial charge in [-0.3, -0.25) is 4.90 Å². The molecular formula is C16H23N3O2. The summed E-state index contributed by atoms with van der Waals surface area (Å²) in [5.41, 5.74) is 7.87. The summed E-state index contributed by atoms with van der Waals surface area (Å²) in [5.74, 6) is -0.370. The van der Waals surface area contributed by atoms with Gasteiger partial charge in [0.2, 0.25) is 0 Å². The van der Waals surface area contributed by atoms with E-state index in [4.69, 9.17) is 10.5 Å². The summed E-state index contributed by atoms with van der Waals surface area (Å²) in [7, 11) is 1.38. The van der Waals surface area contributed by atoms with Gasteiger partial charge < -0.3 is 15.4 Å². The van der Waals surface area contributed by atoms with Crippen molar-refractivity contribution in [2.45, 2.75) is 25.3 Å². The number of nitrogens with zero attached hydrogens (tertiary/aromatic N) is 2. The smallest absolute Gasteiger partial charge is 0.340 e. The van der Waals surface area contributed by atoms with Crippen LogP contribution >= 0.6 is 0 Å². The number of hydrogen-bond donors (Lipinski definition) is 1. The van der Waals surface area contributed by atoms with Crippen LogP contribution in [0.5, 0.6) is 0 Å². The molecule has 2 aliphatic heterocycles. The molecule has 0 aromatic heterocycles. The summed E-state index contributed by atoms with van der Waals surface area (Å²) in [6.07, 6.45) is 3.92. The Labute approximate surface area is 125 Å². The maximum Gasteiger partial charge on any atom is 0.340 e. The lowest BCUT2D eigenvalue weighted by molar-refractivity contribution is 0.0602. The molecule has 2 heterocycles. The second kappa shape index (κ2) is 5.93. The van der Waals surface area contributed by atoms with E-state index in [0.717, 1.165) is 25.3 Å². The Balaban J connectivity index is 1.79. The minimum absolute atomic E-state index is 0.370. The van der Waals surface area contributed by atoms with E-state index in [9.17, 15) is 4.79 Å². The lowest BCUT2D eigenvalue weighted by Gasteiger charge is -2.45. The SMILES string of the molecule is COC(=O)c1cc(N2CCN3CCCCC3C2)ccc1N. The van der Waals surface area contributed by atoms with Crippen LogP contribution in [0.25, 0.3) is 0 Å². The Bertz CT molecular complexity index is 532. The molecule has 2 N–H and O–H groups in total. The number of carbonyl (C=O) groups excluding carboxylic acids is 1. The van der Waals surface area contributed by atoms with Gasteiger partial charge in [0.1, 0.15) is 0 Å². The molecule has 114 valence electrons. The lowest BCUT2D eigenvalue weighted by atomic mass is 9.99. The predicted molar refractivity (Wildman–Crippen MR) is 83.6 cm³/mol. The zero-order valence-corrected chi connectivity index (χ0v) is 12.5. The summed E-state index contributed by atoms with van der Waals surface area (Å²) in [4.78, 5) is 16.7. The average Bonchev–Trinajstić information content (AvgIpc) is 2.54. The van der Waals surface area contributed by atoms with E-state index in [1.54, 1.807) is 6.07 Å². The molecular weight excluding hydrogens is 266 g/mol. The van der Waals surface area contributed by atoms with Crippen molar-refractivity contribution in [2.24, 2.45) is 0 Å². The van der Waals surface area contributed by atoms with E-state index >= 15 is 0 Å². The highest BCUT2D eigenvalue weighted by Gasteiger charge is 2.29. The first-order chi connectivity index (χ1) is 10.2. The number of esters is 1. The zero-order chi connectivity index (χ0) is 14.8. The predicted octanol–water partition coefficient (Wildman–Crippen LogP) is 1.73. The van der Waals surface area contributed by atoms with E-state index in [-0.39, 0.29) is 5.97 Å². The van der Waals surface area contributed by atoms with E-state index in [1.165, 1.54) is 32.9 Å². The van der Waals surface area contributed by atoms with Gasteiger partial charge in [-0.1, -0.05) is 6.42 Å². The van der Waals surface area contributed by atoms with Gasteiger partial charge in [0, 0.05) is 37.1 Å². The highest BCUT2D eigenvalue weighted by molar-refractivity contribution is 5.96. The van der Waals surface area contributed by atoms with Crippen LogP contribution in [0.3, 0.4) is 0 Å². The van der Waals surface area contributed by atoms with Gasteiger partial charge >= 0.3 is 5.97 Å². The topological polar surface area (TPSA) is 58.8 Å². The number of nitrogens with two attached hydrogens (primary N) is 1. The molecule has 2 saturated heterocycles. The fourth-order valence-electron chi connectivity index (χ4n) is 3.42. The summed E-state index contributed by atoms with van der Waals surface area (Å²) >= 11 is 0. The van der Waals surface area contributed by atoms with Gasteiger partial charge in [-0.2, -0.15) is 0 Å². The highest BCUT2D eigenvalue weighted by Crippen LogP contribution is 2.27. The molecule has 1 aromatic rings. The molecule has 2 fully saturated rings. The van der Waals surface area contributed by atoms with Crippen molar-refractivity contribution in [1.29, 1.82) is 0 Å². The molecule has 0 amide bonds. The van der Waals surface area contributed by atoms with E-state index < -0.39 is 0 Å². The van der Waals surface area contributed by atoms with Crippen LogP contribution in [0, 0.1) is 0 Å². The zero-order valence-electron chi connectivity index (χ0n) is 12.5. The molecule has 0 spiro atoms. The second-order valence-electron chi connectivity index (χ2n) is 5.89. The molecule has 0 bridgehead atoms. The third kappa shape index (κ3) is 2.83. The Morgan fingerprint density at radius 3 is 2.95 bits per heavy atom. The number of benzene rings is 1. The van der Waals surface area contributed by atoms with Gasteiger partial charge in [0.15, 0.2) is 0 Å². The molecule has 1 aromatic carbocycles. The Morgan fingerprint density at radius 1 is 1.29 bits per heavy atom. The minimum Gasteiger partial charge on any atom is -0.465 e.